The lowest BCUT2D eigenvalue weighted by Crippen LogP contribution is -1.93. The Hall–Kier alpha value is -0.610. The maximum Gasteiger partial charge on any atom is 0.178 e. The van der Waals surface area contributed by atoms with Crippen LogP contribution in [-0.2, 0) is 0 Å². The van der Waals surface area contributed by atoms with E-state index in [0.717, 1.165) is 0 Å². The van der Waals surface area contributed by atoms with Gasteiger partial charge >= 0.3 is 0 Å². The first-order chi connectivity index (χ1) is 5.25. The minimum Gasteiger partial charge on any atom is -0.410 e. The van der Waals surface area contributed by atoms with Gasteiger partial charge in [-0.3, -0.25) is 0 Å². The van der Waals surface area contributed by atoms with Gasteiger partial charge in [0.2, 0.25) is 0 Å². The molecule has 11 heavy (non-hydrogen) atoms. The van der Waals surface area contributed by atoms with Crippen LogP contribution in [0.4, 0.5) is 0 Å². The van der Waals surface area contributed by atoms with E-state index in [2.05, 4.69) is 26.1 Å². The van der Waals surface area contributed by atoms with Gasteiger partial charge in [-0.1, -0.05) is 16.8 Å². The minimum atomic E-state index is 0.0185. The molecule has 0 aromatic carbocycles. The number of halogens is 2. The van der Waals surface area contributed by atoms with Crippen LogP contribution in [0.2, 0.25) is 0 Å². The first-order valence-corrected chi connectivity index (χ1v) is 3.91. The molecule has 0 aliphatic rings. The minimum absolute atomic E-state index is 0.0185. The summed E-state index contributed by atoms with van der Waals surface area (Å²) in [4.78, 5) is 3.89. The Morgan fingerprint density at radius 2 is 2.45 bits per heavy atom. The molecule has 1 N–H and O–H groups in total. The van der Waals surface area contributed by atoms with Gasteiger partial charge in [0.25, 0.3) is 0 Å². The average molecular weight is 235 g/mol. The lowest BCUT2D eigenvalue weighted by atomic mass is 10.3. The van der Waals surface area contributed by atoms with Gasteiger partial charge in [-0.05, 0) is 28.1 Å². The SMILES string of the molecule is ON=C(Cl)c1cccnc1Br. The summed E-state index contributed by atoms with van der Waals surface area (Å²) in [6, 6.07) is 3.40. The fourth-order valence-electron chi connectivity index (χ4n) is 0.594. The lowest BCUT2D eigenvalue weighted by Gasteiger charge is -1.96. The number of pyridine rings is 1. The predicted molar refractivity (Wildman–Crippen MR) is 46.1 cm³/mol. The van der Waals surface area contributed by atoms with Crippen molar-refractivity contribution in [1.82, 2.24) is 4.98 Å². The highest BCUT2D eigenvalue weighted by molar-refractivity contribution is 9.10. The quantitative estimate of drug-likeness (QED) is 0.351. The van der Waals surface area contributed by atoms with Gasteiger partial charge in [0.05, 0.1) is 0 Å². The van der Waals surface area contributed by atoms with Gasteiger partial charge < -0.3 is 5.21 Å². The van der Waals surface area contributed by atoms with Crippen LogP contribution in [0.25, 0.3) is 0 Å². The van der Waals surface area contributed by atoms with Gasteiger partial charge in [-0.15, -0.1) is 0 Å². The molecule has 0 saturated carbocycles. The van der Waals surface area contributed by atoms with Crippen LogP contribution in [0.5, 0.6) is 0 Å². The highest BCUT2D eigenvalue weighted by atomic mass is 79.9. The monoisotopic (exact) mass is 234 g/mol. The normalized spacial score (nSPS) is 11.6. The van der Waals surface area contributed by atoms with Crippen molar-refractivity contribution in [3.8, 4) is 0 Å². The fraction of sp³-hybridized carbons (Fsp3) is 0. The van der Waals surface area contributed by atoms with Crippen molar-refractivity contribution in [3.63, 3.8) is 0 Å². The molecule has 0 saturated heterocycles. The third kappa shape index (κ3) is 1.91. The predicted octanol–water partition coefficient (Wildman–Crippen LogP) is 2.22. The molecule has 0 atom stereocenters. The Morgan fingerprint density at radius 3 is 3.00 bits per heavy atom. The van der Waals surface area contributed by atoms with Gasteiger partial charge in [0.1, 0.15) is 4.60 Å². The largest absolute Gasteiger partial charge is 0.410 e. The third-order valence-electron chi connectivity index (χ3n) is 1.07. The third-order valence-corrected chi connectivity index (χ3v) is 1.98. The highest BCUT2D eigenvalue weighted by Gasteiger charge is 2.04. The number of nitrogens with zero attached hydrogens (tertiary/aromatic N) is 2. The van der Waals surface area contributed by atoms with Crippen molar-refractivity contribution in [1.29, 1.82) is 0 Å². The maximum atomic E-state index is 8.32. The number of hydrogen-bond donors (Lipinski definition) is 1. The van der Waals surface area contributed by atoms with Crippen LogP contribution in [0.1, 0.15) is 5.56 Å². The molecule has 1 heterocycles. The molecule has 1 aromatic heterocycles. The molecule has 0 spiro atoms. The van der Waals surface area contributed by atoms with Crippen molar-refractivity contribution < 1.29 is 5.21 Å². The zero-order chi connectivity index (χ0) is 8.27. The molecule has 1 aromatic rings. The molecule has 0 aliphatic carbocycles. The van der Waals surface area contributed by atoms with Crippen LogP contribution in [0, 0.1) is 0 Å². The van der Waals surface area contributed by atoms with E-state index in [4.69, 9.17) is 16.8 Å². The van der Waals surface area contributed by atoms with Crippen LogP contribution in [0.3, 0.4) is 0 Å². The molecular formula is C6H4BrClN2O. The van der Waals surface area contributed by atoms with Gasteiger partial charge in [0, 0.05) is 11.8 Å². The summed E-state index contributed by atoms with van der Waals surface area (Å²) in [5.41, 5.74) is 0.566. The summed E-state index contributed by atoms with van der Waals surface area (Å²) in [7, 11) is 0. The van der Waals surface area contributed by atoms with Crippen molar-refractivity contribution in [2.75, 3.05) is 0 Å². The standard InChI is InChI=1S/C6H4BrClN2O/c7-5-4(6(8)10-11)2-1-3-9-5/h1-3,11H. The van der Waals surface area contributed by atoms with Gasteiger partial charge in [0.15, 0.2) is 5.17 Å². The number of oxime groups is 1. The number of hydrogen-bond acceptors (Lipinski definition) is 3. The molecule has 58 valence electrons. The first kappa shape index (κ1) is 8.49. The zero-order valence-electron chi connectivity index (χ0n) is 5.33. The topological polar surface area (TPSA) is 45.5 Å². The Kier molecular flexibility index (Phi) is 2.84. The smallest absolute Gasteiger partial charge is 0.178 e. The Morgan fingerprint density at radius 1 is 1.73 bits per heavy atom. The second-order valence-electron chi connectivity index (χ2n) is 1.73. The van der Waals surface area contributed by atoms with Crippen molar-refractivity contribution in [2.24, 2.45) is 5.16 Å². The summed E-state index contributed by atoms with van der Waals surface area (Å²) in [6.07, 6.45) is 1.61. The van der Waals surface area contributed by atoms with E-state index in [1.54, 1.807) is 18.3 Å². The Bertz CT molecular complexity index is 290. The molecule has 0 fully saturated rings. The van der Waals surface area contributed by atoms with E-state index < -0.39 is 0 Å². The van der Waals surface area contributed by atoms with E-state index >= 15 is 0 Å². The summed E-state index contributed by atoms with van der Waals surface area (Å²) < 4.78 is 0.558. The van der Waals surface area contributed by atoms with E-state index in [-0.39, 0.29) is 5.17 Å². The lowest BCUT2D eigenvalue weighted by molar-refractivity contribution is 0.321. The highest BCUT2D eigenvalue weighted by Crippen LogP contribution is 2.14. The van der Waals surface area contributed by atoms with E-state index in [1.165, 1.54) is 0 Å². The van der Waals surface area contributed by atoms with Crippen LogP contribution >= 0.6 is 27.5 Å². The second kappa shape index (κ2) is 3.69. The molecule has 0 unspecified atom stereocenters. The van der Waals surface area contributed by atoms with Crippen molar-refractivity contribution in [3.05, 3.63) is 28.5 Å². The molecule has 3 nitrogen and oxygen atoms in total. The number of rotatable bonds is 1. The molecular weight excluding hydrogens is 231 g/mol. The summed E-state index contributed by atoms with van der Waals surface area (Å²) >= 11 is 8.68. The van der Waals surface area contributed by atoms with Crippen LogP contribution in [0.15, 0.2) is 28.1 Å². The van der Waals surface area contributed by atoms with Crippen LogP contribution in [-0.4, -0.2) is 15.4 Å². The summed E-state index contributed by atoms with van der Waals surface area (Å²) in [5, 5.41) is 11.2. The molecule has 0 amide bonds. The van der Waals surface area contributed by atoms with Crippen molar-refractivity contribution in [2.45, 2.75) is 0 Å². The van der Waals surface area contributed by atoms with E-state index in [0.29, 0.717) is 10.2 Å². The molecule has 0 aliphatic heterocycles. The first-order valence-electron chi connectivity index (χ1n) is 2.74. The molecule has 5 heteroatoms. The van der Waals surface area contributed by atoms with E-state index in [9.17, 15) is 0 Å². The molecule has 0 radical (unpaired) electrons. The fourth-order valence-corrected chi connectivity index (χ4v) is 1.30. The average Bonchev–Trinajstić information content (AvgIpc) is 2.04. The molecule has 1 rings (SSSR count). The maximum absolute atomic E-state index is 8.32. The Labute approximate surface area is 76.8 Å². The Balaban J connectivity index is 3.14. The second-order valence-corrected chi connectivity index (χ2v) is 2.84. The van der Waals surface area contributed by atoms with Crippen LogP contribution < -0.4 is 0 Å². The van der Waals surface area contributed by atoms with Gasteiger partial charge in [-0.25, -0.2) is 4.98 Å². The van der Waals surface area contributed by atoms with Gasteiger partial charge in [-0.2, -0.15) is 0 Å². The van der Waals surface area contributed by atoms with Crippen molar-refractivity contribution >= 4 is 32.7 Å². The number of aromatic nitrogens is 1. The molecule has 0 bridgehead atoms. The summed E-state index contributed by atoms with van der Waals surface area (Å²) in [5.74, 6) is 0. The summed E-state index contributed by atoms with van der Waals surface area (Å²) in [6.45, 7) is 0. The zero-order valence-corrected chi connectivity index (χ0v) is 7.67. The van der Waals surface area contributed by atoms with E-state index in [1.807, 2.05) is 0 Å².